The number of ether oxygens (including phenoxy) is 1. The number of nitrogens with two attached hydrogens (primary N) is 1. The van der Waals surface area contributed by atoms with E-state index in [1.807, 2.05) is 0 Å². The molecule has 0 amide bonds. The molecule has 90 valence electrons. The Kier molecular flexibility index (Phi) is 5.60. The smallest absolute Gasteiger partial charge is 0.148 e. The van der Waals surface area contributed by atoms with E-state index in [9.17, 15) is 4.39 Å². The Morgan fingerprint density at radius 2 is 2.19 bits per heavy atom. The lowest BCUT2D eigenvalue weighted by atomic mass is 10.2. The van der Waals surface area contributed by atoms with Crippen molar-refractivity contribution in [3.63, 3.8) is 0 Å². The summed E-state index contributed by atoms with van der Waals surface area (Å²) in [6.45, 7) is 1.53. The number of halogens is 1. The van der Waals surface area contributed by atoms with Gasteiger partial charge in [-0.3, -0.25) is 0 Å². The minimum atomic E-state index is -0.351. The van der Waals surface area contributed by atoms with E-state index in [0.717, 1.165) is 6.42 Å². The number of aliphatic hydroxyl groups is 1. The van der Waals surface area contributed by atoms with Gasteiger partial charge in [0.1, 0.15) is 5.82 Å². The Morgan fingerprint density at radius 3 is 2.88 bits per heavy atom. The third-order valence-corrected chi connectivity index (χ3v) is 2.01. The van der Waals surface area contributed by atoms with Gasteiger partial charge in [0.05, 0.1) is 18.9 Å². The van der Waals surface area contributed by atoms with E-state index in [0.29, 0.717) is 31.1 Å². The number of benzene rings is 1. The molecule has 0 aliphatic carbocycles. The molecular formula is C11H17FN2O2. The summed E-state index contributed by atoms with van der Waals surface area (Å²) in [5.74, 6) is -0.351. The van der Waals surface area contributed by atoms with E-state index in [1.54, 1.807) is 12.1 Å². The topological polar surface area (TPSA) is 67.5 Å². The SMILES string of the molecule is Nc1ccc(NCCCOCCO)c(F)c1. The first-order valence-electron chi connectivity index (χ1n) is 5.21. The molecular weight excluding hydrogens is 211 g/mol. The summed E-state index contributed by atoms with van der Waals surface area (Å²) in [5, 5.41) is 11.4. The molecule has 0 saturated carbocycles. The van der Waals surface area contributed by atoms with Crippen LogP contribution in [0.2, 0.25) is 0 Å². The summed E-state index contributed by atoms with van der Waals surface area (Å²) >= 11 is 0. The number of anilines is 2. The van der Waals surface area contributed by atoms with Crippen LogP contribution in [0.5, 0.6) is 0 Å². The Balaban J connectivity index is 2.21. The zero-order valence-electron chi connectivity index (χ0n) is 9.08. The Bertz CT molecular complexity index is 321. The van der Waals surface area contributed by atoms with Gasteiger partial charge in [0.2, 0.25) is 0 Å². The fourth-order valence-electron chi connectivity index (χ4n) is 1.24. The van der Waals surface area contributed by atoms with Gasteiger partial charge in [-0.2, -0.15) is 0 Å². The second kappa shape index (κ2) is 7.03. The van der Waals surface area contributed by atoms with Crippen LogP contribution < -0.4 is 11.1 Å². The zero-order chi connectivity index (χ0) is 11.8. The summed E-state index contributed by atoms with van der Waals surface area (Å²) < 4.78 is 18.3. The Morgan fingerprint density at radius 1 is 1.38 bits per heavy atom. The third-order valence-electron chi connectivity index (χ3n) is 2.01. The number of nitrogens with one attached hydrogen (secondary N) is 1. The highest BCUT2D eigenvalue weighted by molar-refractivity contribution is 5.52. The van der Waals surface area contributed by atoms with Crippen LogP contribution in [-0.2, 0) is 4.74 Å². The average Bonchev–Trinajstić information content (AvgIpc) is 2.26. The molecule has 0 aliphatic heterocycles. The normalized spacial score (nSPS) is 10.4. The van der Waals surface area contributed by atoms with Crippen LogP contribution in [0.15, 0.2) is 18.2 Å². The van der Waals surface area contributed by atoms with Crippen LogP contribution in [0.1, 0.15) is 6.42 Å². The molecule has 0 saturated heterocycles. The van der Waals surface area contributed by atoms with E-state index in [2.05, 4.69) is 5.32 Å². The van der Waals surface area contributed by atoms with Gasteiger partial charge in [-0.15, -0.1) is 0 Å². The van der Waals surface area contributed by atoms with Gasteiger partial charge in [-0.1, -0.05) is 0 Å². The van der Waals surface area contributed by atoms with Crippen LogP contribution in [0.25, 0.3) is 0 Å². The zero-order valence-corrected chi connectivity index (χ0v) is 9.08. The van der Waals surface area contributed by atoms with Crippen molar-refractivity contribution in [3.05, 3.63) is 24.0 Å². The second-order valence-corrected chi connectivity index (χ2v) is 3.36. The second-order valence-electron chi connectivity index (χ2n) is 3.36. The van der Waals surface area contributed by atoms with E-state index < -0.39 is 0 Å². The van der Waals surface area contributed by atoms with E-state index in [1.165, 1.54) is 6.07 Å². The minimum absolute atomic E-state index is 0.0278. The lowest BCUT2D eigenvalue weighted by molar-refractivity contribution is 0.0922. The number of rotatable bonds is 7. The molecule has 0 heterocycles. The van der Waals surface area contributed by atoms with E-state index in [4.69, 9.17) is 15.6 Å². The van der Waals surface area contributed by atoms with Crippen LogP contribution >= 0.6 is 0 Å². The van der Waals surface area contributed by atoms with Gasteiger partial charge in [-0.25, -0.2) is 4.39 Å². The quantitative estimate of drug-likeness (QED) is 0.485. The fraction of sp³-hybridized carbons (Fsp3) is 0.455. The first-order valence-corrected chi connectivity index (χ1v) is 5.21. The fourth-order valence-corrected chi connectivity index (χ4v) is 1.24. The van der Waals surface area contributed by atoms with Crippen LogP contribution in [-0.4, -0.2) is 31.5 Å². The maximum atomic E-state index is 13.3. The molecule has 0 aliphatic rings. The Hall–Kier alpha value is -1.33. The molecule has 0 unspecified atom stereocenters. The predicted molar refractivity (Wildman–Crippen MR) is 61.8 cm³/mol. The molecule has 4 nitrogen and oxygen atoms in total. The summed E-state index contributed by atoms with van der Waals surface area (Å²) in [7, 11) is 0. The molecule has 0 atom stereocenters. The van der Waals surface area contributed by atoms with Crippen molar-refractivity contribution in [1.82, 2.24) is 0 Å². The van der Waals surface area contributed by atoms with Crippen molar-refractivity contribution in [2.75, 3.05) is 37.4 Å². The Labute approximate surface area is 94.2 Å². The molecule has 1 aromatic carbocycles. The molecule has 4 N–H and O–H groups in total. The molecule has 16 heavy (non-hydrogen) atoms. The van der Waals surface area contributed by atoms with Crippen LogP contribution in [0.3, 0.4) is 0 Å². The van der Waals surface area contributed by atoms with E-state index >= 15 is 0 Å². The summed E-state index contributed by atoms with van der Waals surface area (Å²) in [4.78, 5) is 0. The average molecular weight is 228 g/mol. The standard InChI is InChI=1S/C11H17FN2O2/c12-10-8-9(13)2-3-11(10)14-4-1-6-16-7-5-15/h2-3,8,14-15H,1,4-7,13H2. The van der Waals surface area contributed by atoms with Crippen molar-refractivity contribution < 1.29 is 14.2 Å². The highest BCUT2D eigenvalue weighted by Crippen LogP contribution is 2.16. The lowest BCUT2D eigenvalue weighted by Crippen LogP contribution is -2.08. The summed E-state index contributed by atoms with van der Waals surface area (Å²) in [6, 6.07) is 4.54. The largest absolute Gasteiger partial charge is 0.399 e. The van der Waals surface area contributed by atoms with Gasteiger partial charge in [0, 0.05) is 18.8 Å². The summed E-state index contributed by atoms with van der Waals surface area (Å²) in [5.41, 5.74) is 6.28. The molecule has 0 spiro atoms. The van der Waals surface area contributed by atoms with Crippen molar-refractivity contribution in [2.24, 2.45) is 0 Å². The molecule has 0 radical (unpaired) electrons. The predicted octanol–water partition coefficient (Wildman–Crippen LogP) is 1.22. The molecule has 0 bridgehead atoms. The molecule has 1 rings (SSSR count). The highest BCUT2D eigenvalue weighted by atomic mass is 19.1. The van der Waals surface area contributed by atoms with Gasteiger partial charge in [-0.05, 0) is 24.6 Å². The van der Waals surface area contributed by atoms with Gasteiger partial charge < -0.3 is 20.9 Å². The number of hydrogen-bond acceptors (Lipinski definition) is 4. The molecule has 5 heteroatoms. The lowest BCUT2D eigenvalue weighted by Gasteiger charge is -2.08. The van der Waals surface area contributed by atoms with Gasteiger partial charge in [0.15, 0.2) is 0 Å². The molecule has 0 fully saturated rings. The molecule has 1 aromatic rings. The number of hydrogen-bond donors (Lipinski definition) is 3. The van der Waals surface area contributed by atoms with Crippen molar-refractivity contribution >= 4 is 11.4 Å². The first-order chi connectivity index (χ1) is 7.74. The number of aliphatic hydroxyl groups excluding tert-OH is 1. The minimum Gasteiger partial charge on any atom is -0.399 e. The summed E-state index contributed by atoms with van der Waals surface area (Å²) in [6.07, 6.45) is 0.754. The van der Waals surface area contributed by atoms with Crippen molar-refractivity contribution in [3.8, 4) is 0 Å². The maximum Gasteiger partial charge on any atom is 0.148 e. The van der Waals surface area contributed by atoms with Crippen LogP contribution in [0.4, 0.5) is 15.8 Å². The van der Waals surface area contributed by atoms with Gasteiger partial charge in [0.25, 0.3) is 0 Å². The maximum absolute atomic E-state index is 13.3. The highest BCUT2D eigenvalue weighted by Gasteiger charge is 2.00. The first kappa shape index (κ1) is 12.7. The monoisotopic (exact) mass is 228 g/mol. The molecule has 0 aromatic heterocycles. The third kappa shape index (κ3) is 4.46. The van der Waals surface area contributed by atoms with Crippen LogP contribution in [0, 0.1) is 5.82 Å². The van der Waals surface area contributed by atoms with Crippen molar-refractivity contribution in [2.45, 2.75) is 6.42 Å². The van der Waals surface area contributed by atoms with Gasteiger partial charge >= 0.3 is 0 Å². The van der Waals surface area contributed by atoms with Crippen molar-refractivity contribution in [1.29, 1.82) is 0 Å². The van der Waals surface area contributed by atoms with E-state index in [-0.39, 0.29) is 12.4 Å². The number of nitrogen functional groups attached to an aromatic ring is 1.